The molecule has 1 fully saturated rings. The number of nitro groups is 1. The van der Waals surface area contributed by atoms with Gasteiger partial charge in [-0.05, 0) is 49.8 Å². The summed E-state index contributed by atoms with van der Waals surface area (Å²) in [5.74, 6) is -0.660. The van der Waals surface area contributed by atoms with Crippen LogP contribution < -0.4 is 0 Å². The van der Waals surface area contributed by atoms with Gasteiger partial charge in [0.15, 0.2) is 6.10 Å². The highest BCUT2D eigenvalue weighted by molar-refractivity contribution is 5.90. The van der Waals surface area contributed by atoms with E-state index in [2.05, 4.69) is 12.1 Å². The van der Waals surface area contributed by atoms with Crippen LogP contribution in [0.5, 0.6) is 0 Å². The fourth-order valence-corrected chi connectivity index (χ4v) is 3.51. The number of likely N-dealkylation sites (tertiary alicyclic amines) is 1. The first-order valence-electron chi connectivity index (χ1n) is 9.88. The van der Waals surface area contributed by atoms with Gasteiger partial charge < -0.3 is 14.1 Å². The van der Waals surface area contributed by atoms with Crippen LogP contribution in [-0.4, -0.2) is 40.9 Å². The Labute approximate surface area is 174 Å². The summed E-state index contributed by atoms with van der Waals surface area (Å²) in [5, 5.41) is 10.6. The van der Waals surface area contributed by atoms with E-state index in [1.54, 1.807) is 11.8 Å². The van der Waals surface area contributed by atoms with Crippen LogP contribution in [0.15, 0.2) is 53.0 Å². The van der Waals surface area contributed by atoms with Gasteiger partial charge in [0.2, 0.25) is 0 Å². The first-order chi connectivity index (χ1) is 14.4. The van der Waals surface area contributed by atoms with Crippen molar-refractivity contribution in [2.75, 3.05) is 13.1 Å². The van der Waals surface area contributed by atoms with Crippen LogP contribution in [-0.2, 0) is 20.7 Å². The van der Waals surface area contributed by atoms with Crippen molar-refractivity contribution < 1.29 is 23.7 Å². The van der Waals surface area contributed by atoms with Crippen LogP contribution in [0.25, 0.3) is 6.08 Å². The number of piperidine rings is 1. The third-order valence-electron chi connectivity index (χ3n) is 5.11. The van der Waals surface area contributed by atoms with Crippen molar-refractivity contribution in [3.8, 4) is 0 Å². The van der Waals surface area contributed by atoms with Crippen LogP contribution in [0.4, 0.5) is 5.88 Å². The van der Waals surface area contributed by atoms with Crippen molar-refractivity contribution in [3.63, 3.8) is 0 Å². The molecule has 8 nitrogen and oxygen atoms in total. The molecule has 0 unspecified atom stereocenters. The third-order valence-corrected chi connectivity index (χ3v) is 5.11. The maximum absolute atomic E-state index is 12.6. The summed E-state index contributed by atoms with van der Waals surface area (Å²) < 4.78 is 10.1. The van der Waals surface area contributed by atoms with Crippen LogP contribution in [0, 0.1) is 16.0 Å². The molecule has 1 aromatic heterocycles. The average Bonchev–Trinajstić information content (AvgIpc) is 3.22. The van der Waals surface area contributed by atoms with E-state index < -0.39 is 22.9 Å². The molecule has 30 heavy (non-hydrogen) atoms. The minimum atomic E-state index is -0.904. The topological polar surface area (TPSA) is 103 Å². The van der Waals surface area contributed by atoms with Gasteiger partial charge in [-0.3, -0.25) is 14.9 Å². The Hall–Kier alpha value is -3.42. The van der Waals surface area contributed by atoms with Crippen molar-refractivity contribution in [2.24, 2.45) is 5.92 Å². The van der Waals surface area contributed by atoms with Gasteiger partial charge in [-0.25, -0.2) is 4.79 Å². The average molecular weight is 412 g/mol. The smallest absolute Gasteiger partial charge is 0.433 e. The molecule has 0 aliphatic carbocycles. The SMILES string of the molecule is C[C@H](OC(=O)/C=C/c1ccc([N+](=O)[O-])o1)C(=O)N1CCC(Cc2ccccc2)CC1. The molecule has 1 atom stereocenters. The number of carbonyl (C=O) groups is 2. The fourth-order valence-electron chi connectivity index (χ4n) is 3.51. The minimum Gasteiger partial charge on any atom is -0.449 e. The highest BCUT2D eigenvalue weighted by Gasteiger charge is 2.27. The Morgan fingerprint density at radius 1 is 1.23 bits per heavy atom. The Bertz CT molecular complexity index is 913. The fraction of sp³-hybridized carbons (Fsp3) is 0.364. The second kappa shape index (κ2) is 9.87. The van der Waals surface area contributed by atoms with Crippen molar-refractivity contribution in [2.45, 2.75) is 32.3 Å². The van der Waals surface area contributed by atoms with Gasteiger partial charge >= 0.3 is 11.9 Å². The van der Waals surface area contributed by atoms with Gasteiger partial charge in [0.05, 0.1) is 6.07 Å². The number of ether oxygens (including phenoxy) is 1. The molecule has 3 rings (SSSR count). The molecule has 0 radical (unpaired) electrons. The summed E-state index contributed by atoms with van der Waals surface area (Å²) in [5.41, 5.74) is 1.30. The summed E-state index contributed by atoms with van der Waals surface area (Å²) >= 11 is 0. The molecular formula is C22H24N2O6. The van der Waals surface area contributed by atoms with Gasteiger partial charge in [0.25, 0.3) is 5.91 Å². The molecule has 2 heterocycles. The Morgan fingerprint density at radius 3 is 2.57 bits per heavy atom. The molecule has 0 saturated carbocycles. The first-order valence-corrected chi connectivity index (χ1v) is 9.88. The lowest BCUT2D eigenvalue weighted by molar-refractivity contribution is -0.402. The van der Waals surface area contributed by atoms with Crippen LogP contribution >= 0.6 is 0 Å². The number of rotatable bonds is 7. The van der Waals surface area contributed by atoms with Gasteiger partial charge in [-0.15, -0.1) is 0 Å². The summed E-state index contributed by atoms with van der Waals surface area (Å²) in [4.78, 5) is 36.2. The zero-order chi connectivity index (χ0) is 21.5. The number of hydrogen-bond donors (Lipinski definition) is 0. The molecule has 158 valence electrons. The summed E-state index contributed by atoms with van der Waals surface area (Å²) in [6.07, 6.45) is 4.28. The molecule has 1 aliphatic heterocycles. The number of nitrogens with zero attached hydrogens (tertiary/aromatic N) is 2. The summed E-state index contributed by atoms with van der Waals surface area (Å²) in [6.45, 7) is 2.83. The van der Waals surface area contributed by atoms with Crippen molar-refractivity contribution in [3.05, 3.63) is 70.0 Å². The van der Waals surface area contributed by atoms with E-state index in [9.17, 15) is 19.7 Å². The number of carbonyl (C=O) groups excluding carboxylic acids is 2. The maximum atomic E-state index is 12.6. The molecular weight excluding hydrogens is 388 g/mol. The molecule has 1 saturated heterocycles. The zero-order valence-corrected chi connectivity index (χ0v) is 16.7. The number of esters is 1. The standard InChI is InChI=1S/C22H24N2O6/c1-16(29-21(25)10-8-19-7-9-20(30-19)24(27)28)22(26)23-13-11-18(12-14-23)15-17-5-3-2-4-6-17/h2-10,16,18H,11-15H2,1H3/b10-8+/t16-/m0/s1. The van der Waals surface area contributed by atoms with E-state index in [4.69, 9.17) is 9.15 Å². The second-order valence-corrected chi connectivity index (χ2v) is 7.30. The van der Waals surface area contributed by atoms with Gasteiger partial charge in [0, 0.05) is 19.2 Å². The highest BCUT2D eigenvalue weighted by Crippen LogP contribution is 2.22. The second-order valence-electron chi connectivity index (χ2n) is 7.30. The number of benzene rings is 1. The normalized spacial score (nSPS) is 15.8. The predicted octanol–water partition coefficient (Wildman–Crippen LogP) is 3.61. The Kier molecular flexibility index (Phi) is 7.00. The minimum absolute atomic E-state index is 0.151. The monoisotopic (exact) mass is 412 g/mol. The summed E-state index contributed by atoms with van der Waals surface area (Å²) in [6, 6.07) is 12.9. The van der Waals surface area contributed by atoms with Gasteiger partial charge in [-0.2, -0.15) is 0 Å². The molecule has 1 aromatic carbocycles. The van der Waals surface area contributed by atoms with Gasteiger partial charge in [-0.1, -0.05) is 30.3 Å². The quantitative estimate of drug-likeness (QED) is 0.298. The molecule has 1 amide bonds. The molecule has 1 aliphatic rings. The van der Waals surface area contributed by atoms with Crippen LogP contribution in [0.2, 0.25) is 0 Å². The predicted molar refractivity (Wildman–Crippen MR) is 109 cm³/mol. The Balaban J connectivity index is 1.44. The van der Waals surface area contributed by atoms with E-state index in [-0.39, 0.29) is 11.7 Å². The highest BCUT2D eigenvalue weighted by atomic mass is 16.6. The van der Waals surface area contributed by atoms with E-state index >= 15 is 0 Å². The number of hydrogen-bond acceptors (Lipinski definition) is 6. The lowest BCUT2D eigenvalue weighted by Crippen LogP contribution is -2.44. The molecule has 0 N–H and O–H groups in total. The number of furan rings is 1. The Morgan fingerprint density at radius 2 is 1.93 bits per heavy atom. The van der Waals surface area contributed by atoms with Crippen molar-refractivity contribution >= 4 is 23.8 Å². The largest absolute Gasteiger partial charge is 0.449 e. The third kappa shape index (κ3) is 5.79. The maximum Gasteiger partial charge on any atom is 0.433 e. The van der Waals surface area contributed by atoms with Crippen molar-refractivity contribution in [1.29, 1.82) is 0 Å². The molecule has 0 bridgehead atoms. The lowest BCUT2D eigenvalue weighted by Gasteiger charge is -2.33. The van der Waals surface area contributed by atoms with E-state index in [0.29, 0.717) is 19.0 Å². The van der Waals surface area contributed by atoms with Crippen LogP contribution in [0.3, 0.4) is 0 Å². The van der Waals surface area contributed by atoms with Crippen molar-refractivity contribution in [1.82, 2.24) is 4.90 Å². The molecule has 2 aromatic rings. The lowest BCUT2D eigenvalue weighted by atomic mass is 9.90. The molecule has 8 heteroatoms. The zero-order valence-electron chi connectivity index (χ0n) is 16.7. The molecule has 0 spiro atoms. The summed E-state index contributed by atoms with van der Waals surface area (Å²) in [7, 11) is 0. The van der Waals surface area contributed by atoms with E-state index in [1.807, 2.05) is 18.2 Å². The van der Waals surface area contributed by atoms with Gasteiger partial charge in [0.1, 0.15) is 10.7 Å². The number of amides is 1. The van der Waals surface area contributed by atoms with E-state index in [1.165, 1.54) is 23.8 Å². The first kappa shape index (κ1) is 21.3. The van der Waals surface area contributed by atoms with Crippen LogP contribution in [0.1, 0.15) is 31.1 Å². The van der Waals surface area contributed by atoms with E-state index in [0.717, 1.165) is 25.3 Å².